The number of piperazine rings is 1. The molecule has 1 atom stereocenters. The van der Waals surface area contributed by atoms with Crippen molar-refractivity contribution in [2.75, 3.05) is 45.8 Å². The summed E-state index contributed by atoms with van der Waals surface area (Å²) < 4.78 is 0. The van der Waals surface area contributed by atoms with E-state index in [9.17, 15) is 9.59 Å². The first-order valence-corrected chi connectivity index (χ1v) is 11.9. The molecule has 2 saturated heterocycles. The molecular formula is C22H33N3O2S. The van der Waals surface area contributed by atoms with E-state index in [1.54, 1.807) is 11.3 Å². The average molecular weight is 404 g/mol. The highest BCUT2D eigenvalue weighted by atomic mass is 32.1. The van der Waals surface area contributed by atoms with Crippen LogP contribution in [0.3, 0.4) is 0 Å². The number of hydrogen-bond acceptors (Lipinski definition) is 4. The molecule has 5 nitrogen and oxygen atoms in total. The molecule has 3 heterocycles. The van der Waals surface area contributed by atoms with Gasteiger partial charge in [0, 0.05) is 50.1 Å². The van der Waals surface area contributed by atoms with Crippen molar-refractivity contribution in [3.05, 3.63) is 21.4 Å². The zero-order valence-electron chi connectivity index (χ0n) is 17.1. The van der Waals surface area contributed by atoms with Gasteiger partial charge < -0.3 is 14.7 Å². The quantitative estimate of drug-likeness (QED) is 0.779. The van der Waals surface area contributed by atoms with Gasteiger partial charge in [-0.1, -0.05) is 19.8 Å². The van der Waals surface area contributed by atoms with Gasteiger partial charge in [0.2, 0.25) is 5.91 Å². The standard InChI is InChI=1S/C22H33N3O2S/c1-2-23-11-13-25(14-12-23)21(26)17-7-8-19-18(15-17)16-20(28-19)22(27)24-9-5-3-4-6-10-24/h16-17H,2-15H2,1H3/t17-/m0/s1. The molecule has 0 saturated carbocycles. The Balaban J connectivity index is 1.39. The van der Waals surface area contributed by atoms with E-state index in [-0.39, 0.29) is 11.8 Å². The zero-order chi connectivity index (χ0) is 19.5. The minimum Gasteiger partial charge on any atom is -0.340 e. The average Bonchev–Trinajstić information content (AvgIpc) is 2.97. The lowest BCUT2D eigenvalue weighted by Crippen LogP contribution is -2.50. The molecule has 3 aliphatic rings. The highest BCUT2D eigenvalue weighted by molar-refractivity contribution is 7.14. The molecular weight excluding hydrogens is 370 g/mol. The minimum atomic E-state index is 0.0939. The number of rotatable bonds is 3. The molecule has 1 aliphatic carbocycles. The first-order chi connectivity index (χ1) is 13.7. The normalized spacial score (nSPS) is 24.0. The number of carbonyl (C=O) groups excluding carboxylic acids is 2. The van der Waals surface area contributed by atoms with E-state index in [0.29, 0.717) is 5.91 Å². The molecule has 2 fully saturated rings. The summed E-state index contributed by atoms with van der Waals surface area (Å²) in [5.41, 5.74) is 1.25. The molecule has 0 radical (unpaired) electrons. The monoisotopic (exact) mass is 403 g/mol. The second-order valence-corrected chi connectivity index (χ2v) is 9.60. The van der Waals surface area contributed by atoms with Gasteiger partial charge in [-0.05, 0) is 50.3 Å². The van der Waals surface area contributed by atoms with Gasteiger partial charge in [-0.15, -0.1) is 11.3 Å². The molecule has 2 aliphatic heterocycles. The maximum atomic E-state index is 13.0. The Bertz CT molecular complexity index is 701. The number of nitrogens with zero attached hydrogens (tertiary/aromatic N) is 3. The number of fused-ring (bicyclic) bond motifs is 1. The number of likely N-dealkylation sites (tertiary alicyclic amines) is 1. The second-order valence-electron chi connectivity index (χ2n) is 8.46. The van der Waals surface area contributed by atoms with E-state index in [4.69, 9.17) is 0 Å². The van der Waals surface area contributed by atoms with E-state index in [2.05, 4.69) is 22.8 Å². The fraction of sp³-hybridized carbons (Fsp3) is 0.727. The largest absolute Gasteiger partial charge is 0.340 e. The van der Waals surface area contributed by atoms with Crippen molar-refractivity contribution in [3.63, 3.8) is 0 Å². The zero-order valence-corrected chi connectivity index (χ0v) is 17.9. The Kier molecular flexibility index (Phi) is 6.36. The summed E-state index contributed by atoms with van der Waals surface area (Å²) in [7, 11) is 0. The first kappa shape index (κ1) is 19.9. The molecule has 6 heteroatoms. The van der Waals surface area contributed by atoms with E-state index in [1.165, 1.54) is 23.3 Å². The maximum Gasteiger partial charge on any atom is 0.263 e. The third-order valence-corrected chi connectivity index (χ3v) is 7.89. The summed E-state index contributed by atoms with van der Waals surface area (Å²) in [5, 5.41) is 0. The molecule has 0 unspecified atom stereocenters. The first-order valence-electron chi connectivity index (χ1n) is 11.1. The molecule has 1 aromatic rings. The predicted molar refractivity (Wildman–Crippen MR) is 113 cm³/mol. The number of hydrogen-bond donors (Lipinski definition) is 0. The number of carbonyl (C=O) groups is 2. The third kappa shape index (κ3) is 4.28. The molecule has 0 N–H and O–H groups in total. The van der Waals surface area contributed by atoms with Gasteiger partial charge in [-0.3, -0.25) is 9.59 Å². The number of thiophene rings is 1. The second kappa shape index (κ2) is 8.95. The SMILES string of the molecule is CCN1CCN(C(=O)[C@H]2CCc3sc(C(=O)N4CCCCCC4)cc3C2)CC1. The molecule has 0 bridgehead atoms. The van der Waals surface area contributed by atoms with Crippen LogP contribution in [0, 0.1) is 5.92 Å². The van der Waals surface area contributed by atoms with Gasteiger partial charge in [-0.2, -0.15) is 0 Å². The van der Waals surface area contributed by atoms with E-state index in [0.717, 1.165) is 82.8 Å². The van der Waals surface area contributed by atoms with Crippen LogP contribution in [0.4, 0.5) is 0 Å². The summed E-state index contributed by atoms with van der Waals surface area (Å²) in [4.78, 5) is 34.7. The van der Waals surface area contributed by atoms with Crippen LogP contribution in [-0.4, -0.2) is 72.3 Å². The van der Waals surface area contributed by atoms with Crippen molar-refractivity contribution in [3.8, 4) is 0 Å². The van der Waals surface area contributed by atoms with Crippen molar-refractivity contribution in [1.82, 2.24) is 14.7 Å². The van der Waals surface area contributed by atoms with E-state index in [1.807, 2.05) is 4.90 Å². The lowest BCUT2D eigenvalue weighted by atomic mass is 9.87. The Morgan fingerprint density at radius 2 is 1.71 bits per heavy atom. The Morgan fingerprint density at radius 3 is 2.39 bits per heavy atom. The van der Waals surface area contributed by atoms with Gasteiger partial charge in [0.25, 0.3) is 5.91 Å². The molecule has 0 spiro atoms. The van der Waals surface area contributed by atoms with Crippen LogP contribution >= 0.6 is 11.3 Å². The van der Waals surface area contributed by atoms with Crippen LogP contribution in [0.15, 0.2) is 6.07 Å². The van der Waals surface area contributed by atoms with Gasteiger partial charge >= 0.3 is 0 Å². The maximum absolute atomic E-state index is 13.0. The molecule has 1 aromatic heterocycles. The lowest BCUT2D eigenvalue weighted by molar-refractivity contribution is -0.137. The van der Waals surface area contributed by atoms with Gasteiger partial charge in [0.15, 0.2) is 0 Å². The van der Waals surface area contributed by atoms with Crippen molar-refractivity contribution >= 4 is 23.2 Å². The van der Waals surface area contributed by atoms with Crippen LogP contribution < -0.4 is 0 Å². The number of aryl methyl sites for hydroxylation is 1. The molecule has 0 aromatic carbocycles. The fourth-order valence-electron chi connectivity index (χ4n) is 4.81. The molecule has 4 rings (SSSR count). The predicted octanol–water partition coefficient (Wildman–Crippen LogP) is 3.03. The van der Waals surface area contributed by atoms with Gasteiger partial charge in [0.1, 0.15) is 0 Å². The highest BCUT2D eigenvalue weighted by Gasteiger charge is 2.32. The lowest BCUT2D eigenvalue weighted by Gasteiger charge is -2.36. The number of likely N-dealkylation sites (N-methyl/N-ethyl adjacent to an activating group) is 1. The van der Waals surface area contributed by atoms with Crippen molar-refractivity contribution in [1.29, 1.82) is 0 Å². The molecule has 28 heavy (non-hydrogen) atoms. The van der Waals surface area contributed by atoms with E-state index >= 15 is 0 Å². The van der Waals surface area contributed by atoms with Crippen LogP contribution in [0.2, 0.25) is 0 Å². The van der Waals surface area contributed by atoms with Crippen molar-refractivity contribution in [2.45, 2.75) is 51.9 Å². The highest BCUT2D eigenvalue weighted by Crippen LogP contribution is 2.34. The summed E-state index contributed by atoms with van der Waals surface area (Å²) in [6, 6.07) is 2.10. The minimum absolute atomic E-state index is 0.0939. The molecule has 2 amide bonds. The summed E-state index contributed by atoms with van der Waals surface area (Å²) in [6.45, 7) is 8.74. The van der Waals surface area contributed by atoms with Crippen LogP contribution in [-0.2, 0) is 17.6 Å². The van der Waals surface area contributed by atoms with Crippen LogP contribution in [0.25, 0.3) is 0 Å². The van der Waals surface area contributed by atoms with E-state index < -0.39 is 0 Å². The van der Waals surface area contributed by atoms with Gasteiger partial charge in [-0.25, -0.2) is 0 Å². The summed E-state index contributed by atoms with van der Waals surface area (Å²) >= 11 is 1.67. The summed E-state index contributed by atoms with van der Waals surface area (Å²) in [6.07, 6.45) is 7.40. The summed E-state index contributed by atoms with van der Waals surface area (Å²) in [5.74, 6) is 0.629. The Morgan fingerprint density at radius 1 is 1.00 bits per heavy atom. The van der Waals surface area contributed by atoms with Gasteiger partial charge in [0.05, 0.1) is 4.88 Å². The molecule has 154 valence electrons. The Labute approximate surface area is 172 Å². The van der Waals surface area contributed by atoms with Crippen molar-refractivity contribution < 1.29 is 9.59 Å². The fourth-order valence-corrected chi connectivity index (χ4v) is 5.99. The van der Waals surface area contributed by atoms with Crippen molar-refractivity contribution in [2.24, 2.45) is 5.92 Å². The van der Waals surface area contributed by atoms with Crippen LogP contribution in [0.1, 0.15) is 59.1 Å². The Hall–Kier alpha value is -1.40. The van der Waals surface area contributed by atoms with Crippen LogP contribution in [0.5, 0.6) is 0 Å². The third-order valence-electron chi connectivity index (χ3n) is 6.67. The smallest absolute Gasteiger partial charge is 0.263 e. The number of amides is 2. The topological polar surface area (TPSA) is 43.9 Å².